The summed E-state index contributed by atoms with van der Waals surface area (Å²) in [5, 5.41) is 18.3. The van der Waals surface area contributed by atoms with Crippen molar-refractivity contribution < 1.29 is 19.7 Å². The van der Waals surface area contributed by atoms with Crippen LogP contribution in [0.1, 0.15) is 38.7 Å². The Labute approximate surface area is 139 Å². The first-order valence-electron chi connectivity index (χ1n) is 7.16. The van der Waals surface area contributed by atoms with Gasteiger partial charge in [-0.05, 0) is 73.4 Å². The molecule has 0 spiro atoms. The number of ether oxygens (including phenoxy) is 1. The second kappa shape index (κ2) is 8.70. The van der Waals surface area contributed by atoms with Crippen molar-refractivity contribution in [3.05, 3.63) is 33.4 Å². The Morgan fingerprint density at radius 1 is 1.48 bits per heavy atom. The van der Waals surface area contributed by atoms with Crippen molar-refractivity contribution in [2.75, 3.05) is 13.2 Å². The molecule has 2 N–H and O–H groups in total. The van der Waals surface area contributed by atoms with Crippen LogP contribution in [0.5, 0.6) is 0 Å². The standard InChI is InChI=1S/C16H23IO4/c1-3-21-15(20)16(2,9-5-8-14(19)11-18)12-6-4-7-13(17)10-12/h4,6-7,10,14,18-19H,3,5,8-9,11H2,1-2H3. The molecule has 0 radical (unpaired) electrons. The van der Waals surface area contributed by atoms with Gasteiger partial charge in [0.25, 0.3) is 0 Å². The molecule has 0 heterocycles. The molecule has 4 nitrogen and oxygen atoms in total. The van der Waals surface area contributed by atoms with Gasteiger partial charge in [-0.3, -0.25) is 4.79 Å². The summed E-state index contributed by atoms with van der Waals surface area (Å²) in [6.45, 7) is 3.77. The summed E-state index contributed by atoms with van der Waals surface area (Å²) in [5.41, 5.74) is 0.193. The van der Waals surface area contributed by atoms with Crippen molar-refractivity contribution in [3.63, 3.8) is 0 Å². The fraction of sp³-hybridized carbons (Fsp3) is 0.562. The van der Waals surface area contributed by atoms with E-state index in [4.69, 9.17) is 9.84 Å². The van der Waals surface area contributed by atoms with Gasteiger partial charge in [-0.2, -0.15) is 0 Å². The Balaban J connectivity index is 2.92. The fourth-order valence-electron chi connectivity index (χ4n) is 2.27. The topological polar surface area (TPSA) is 66.8 Å². The minimum Gasteiger partial charge on any atom is -0.465 e. The second-order valence-corrected chi connectivity index (χ2v) is 6.54. The predicted octanol–water partition coefficient (Wildman–Crippen LogP) is 2.64. The lowest BCUT2D eigenvalue weighted by atomic mass is 9.78. The molecule has 1 rings (SSSR count). The number of aliphatic hydroxyl groups excluding tert-OH is 2. The zero-order valence-electron chi connectivity index (χ0n) is 12.5. The summed E-state index contributed by atoms with van der Waals surface area (Å²) in [4.78, 5) is 12.4. The third kappa shape index (κ3) is 5.23. The first kappa shape index (κ1) is 18.4. The van der Waals surface area contributed by atoms with E-state index in [1.54, 1.807) is 6.92 Å². The van der Waals surface area contributed by atoms with Crippen molar-refractivity contribution in [1.82, 2.24) is 0 Å². The van der Waals surface area contributed by atoms with E-state index >= 15 is 0 Å². The molecule has 118 valence electrons. The van der Waals surface area contributed by atoms with E-state index in [0.717, 1.165) is 9.13 Å². The summed E-state index contributed by atoms with van der Waals surface area (Å²) >= 11 is 2.22. The molecule has 5 heteroatoms. The Bertz CT molecular complexity index is 463. The van der Waals surface area contributed by atoms with Crippen molar-refractivity contribution in [3.8, 4) is 0 Å². The van der Waals surface area contributed by atoms with Crippen molar-refractivity contribution in [2.24, 2.45) is 0 Å². The molecule has 0 saturated carbocycles. The zero-order chi connectivity index (χ0) is 15.9. The van der Waals surface area contributed by atoms with Gasteiger partial charge in [0, 0.05) is 3.57 Å². The third-order valence-corrected chi connectivity index (χ3v) is 4.28. The van der Waals surface area contributed by atoms with Crippen LogP contribution >= 0.6 is 22.6 Å². The van der Waals surface area contributed by atoms with E-state index in [2.05, 4.69) is 22.6 Å². The number of rotatable bonds is 8. The minimum absolute atomic E-state index is 0.245. The number of carbonyl (C=O) groups is 1. The summed E-state index contributed by atoms with van der Waals surface area (Å²) < 4.78 is 6.30. The molecule has 0 bridgehead atoms. The normalized spacial score (nSPS) is 15.3. The van der Waals surface area contributed by atoms with Gasteiger partial charge < -0.3 is 14.9 Å². The fourth-order valence-corrected chi connectivity index (χ4v) is 2.81. The van der Waals surface area contributed by atoms with Gasteiger partial charge in [-0.1, -0.05) is 12.1 Å². The summed E-state index contributed by atoms with van der Waals surface area (Å²) in [7, 11) is 0. The van der Waals surface area contributed by atoms with Gasteiger partial charge in [0.05, 0.1) is 24.7 Å². The van der Waals surface area contributed by atoms with E-state index in [0.29, 0.717) is 25.9 Å². The highest BCUT2D eigenvalue weighted by atomic mass is 127. The molecule has 0 amide bonds. The monoisotopic (exact) mass is 406 g/mol. The summed E-state index contributed by atoms with van der Waals surface area (Å²) in [6, 6.07) is 7.82. The van der Waals surface area contributed by atoms with Gasteiger partial charge in [0.1, 0.15) is 0 Å². The third-order valence-electron chi connectivity index (χ3n) is 3.61. The molecular formula is C16H23IO4. The highest BCUT2D eigenvalue weighted by Gasteiger charge is 2.36. The quantitative estimate of drug-likeness (QED) is 0.515. The lowest BCUT2D eigenvalue weighted by molar-refractivity contribution is -0.150. The van der Waals surface area contributed by atoms with E-state index in [1.807, 2.05) is 31.2 Å². The first-order valence-corrected chi connectivity index (χ1v) is 8.24. The number of hydrogen-bond donors (Lipinski definition) is 2. The number of hydrogen-bond acceptors (Lipinski definition) is 4. The Morgan fingerprint density at radius 3 is 2.76 bits per heavy atom. The van der Waals surface area contributed by atoms with Crippen molar-refractivity contribution in [1.29, 1.82) is 0 Å². The van der Waals surface area contributed by atoms with Crippen LogP contribution in [-0.4, -0.2) is 35.5 Å². The number of esters is 1. The SMILES string of the molecule is CCOC(=O)C(C)(CCCC(O)CO)c1cccc(I)c1. The van der Waals surface area contributed by atoms with Crippen LogP contribution in [0, 0.1) is 3.57 Å². The number of carbonyl (C=O) groups excluding carboxylic acids is 1. The lowest BCUT2D eigenvalue weighted by Crippen LogP contribution is -2.35. The van der Waals surface area contributed by atoms with Gasteiger partial charge in [0.15, 0.2) is 0 Å². The Kier molecular flexibility index (Phi) is 7.62. The van der Waals surface area contributed by atoms with Gasteiger partial charge >= 0.3 is 5.97 Å². The number of halogens is 1. The molecule has 0 aliphatic rings. The number of aliphatic hydroxyl groups is 2. The molecule has 2 unspecified atom stereocenters. The zero-order valence-corrected chi connectivity index (χ0v) is 14.7. The van der Waals surface area contributed by atoms with Crippen LogP contribution in [0.15, 0.2) is 24.3 Å². The molecule has 0 fully saturated rings. The van der Waals surface area contributed by atoms with Gasteiger partial charge in [-0.15, -0.1) is 0 Å². The smallest absolute Gasteiger partial charge is 0.316 e. The maximum atomic E-state index is 12.4. The molecule has 0 saturated heterocycles. The molecular weight excluding hydrogens is 383 g/mol. The molecule has 21 heavy (non-hydrogen) atoms. The minimum atomic E-state index is -0.730. The van der Waals surface area contributed by atoms with E-state index in [-0.39, 0.29) is 12.6 Å². The average molecular weight is 406 g/mol. The maximum Gasteiger partial charge on any atom is 0.316 e. The largest absolute Gasteiger partial charge is 0.465 e. The van der Waals surface area contributed by atoms with E-state index < -0.39 is 11.5 Å². The molecule has 0 aliphatic carbocycles. The van der Waals surface area contributed by atoms with Crippen molar-refractivity contribution >= 4 is 28.6 Å². The highest BCUT2D eigenvalue weighted by molar-refractivity contribution is 14.1. The summed E-state index contributed by atoms with van der Waals surface area (Å²) in [5.74, 6) is -0.245. The molecule has 0 aromatic heterocycles. The molecule has 1 aromatic rings. The van der Waals surface area contributed by atoms with Gasteiger partial charge in [-0.25, -0.2) is 0 Å². The molecule has 1 aromatic carbocycles. The first-order chi connectivity index (χ1) is 9.93. The van der Waals surface area contributed by atoms with Gasteiger partial charge in [0.2, 0.25) is 0 Å². The Hall–Kier alpha value is -0.660. The Morgan fingerprint density at radius 2 is 2.19 bits per heavy atom. The van der Waals surface area contributed by atoms with Crippen LogP contribution in [-0.2, 0) is 14.9 Å². The van der Waals surface area contributed by atoms with Crippen LogP contribution < -0.4 is 0 Å². The molecule has 2 atom stereocenters. The highest BCUT2D eigenvalue weighted by Crippen LogP contribution is 2.32. The van der Waals surface area contributed by atoms with Crippen LogP contribution in [0.4, 0.5) is 0 Å². The average Bonchev–Trinajstić information content (AvgIpc) is 2.47. The predicted molar refractivity (Wildman–Crippen MR) is 90.1 cm³/mol. The maximum absolute atomic E-state index is 12.4. The van der Waals surface area contributed by atoms with Crippen molar-refractivity contribution in [2.45, 2.75) is 44.6 Å². The van der Waals surface area contributed by atoms with E-state index in [9.17, 15) is 9.90 Å². The van der Waals surface area contributed by atoms with Crippen LogP contribution in [0.3, 0.4) is 0 Å². The second-order valence-electron chi connectivity index (χ2n) is 5.29. The van der Waals surface area contributed by atoms with Crippen LogP contribution in [0.25, 0.3) is 0 Å². The van der Waals surface area contributed by atoms with Crippen LogP contribution in [0.2, 0.25) is 0 Å². The molecule has 0 aliphatic heterocycles. The summed E-state index contributed by atoms with van der Waals surface area (Å²) in [6.07, 6.45) is 0.952. The van der Waals surface area contributed by atoms with E-state index in [1.165, 1.54) is 0 Å². The lowest BCUT2D eigenvalue weighted by Gasteiger charge is -2.28. The number of benzene rings is 1.